The van der Waals surface area contributed by atoms with Crippen LogP contribution in [0.5, 0.6) is 0 Å². The highest BCUT2D eigenvalue weighted by molar-refractivity contribution is 9.10. The second-order valence-electron chi connectivity index (χ2n) is 4.76. The van der Waals surface area contributed by atoms with Gasteiger partial charge in [-0.15, -0.1) is 0 Å². The molecule has 0 atom stereocenters. The maximum atomic E-state index is 13.1. The summed E-state index contributed by atoms with van der Waals surface area (Å²) in [6.07, 6.45) is 1.74. The fraction of sp³-hybridized carbons (Fsp3) is 0.0625. The van der Waals surface area contributed by atoms with Crippen LogP contribution < -0.4 is 10.6 Å². The van der Waals surface area contributed by atoms with Crippen molar-refractivity contribution in [2.24, 2.45) is 0 Å². The number of halogens is 2. The largest absolute Gasteiger partial charge is 0.398 e. The zero-order valence-corrected chi connectivity index (χ0v) is 12.9. The summed E-state index contributed by atoms with van der Waals surface area (Å²) in [4.78, 5) is 6.42. The molecule has 0 aliphatic rings. The Morgan fingerprint density at radius 1 is 1.14 bits per heavy atom. The highest BCUT2D eigenvalue weighted by atomic mass is 79.9. The number of hydrogen-bond acceptors (Lipinski definition) is 3. The molecule has 0 spiro atoms. The average molecular weight is 346 g/mol. The molecule has 0 radical (unpaired) electrons. The van der Waals surface area contributed by atoms with Crippen molar-refractivity contribution >= 4 is 43.9 Å². The first-order valence-electron chi connectivity index (χ1n) is 6.39. The van der Waals surface area contributed by atoms with Gasteiger partial charge in [-0.05, 0) is 58.4 Å². The van der Waals surface area contributed by atoms with Crippen LogP contribution >= 0.6 is 15.9 Å². The summed E-state index contributed by atoms with van der Waals surface area (Å²) in [5.41, 5.74) is 9.31. The monoisotopic (exact) mass is 345 g/mol. The second kappa shape index (κ2) is 5.33. The summed E-state index contributed by atoms with van der Waals surface area (Å²) < 4.78 is 13.9. The Balaban J connectivity index is 2.16. The molecule has 0 bridgehead atoms. The molecule has 3 aromatic rings. The van der Waals surface area contributed by atoms with Crippen molar-refractivity contribution in [3.05, 3.63) is 59.0 Å². The Kier molecular flexibility index (Phi) is 3.51. The lowest BCUT2D eigenvalue weighted by atomic mass is 10.1. The summed E-state index contributed by atoms with van der Waals surface area (Å²) >= 11 is 3.41. The topological polar surface area (TPSA) is 42.1 Å². The van der Waals surface area contributed by atoms with Crippen LogP contribution in [0.25, 0.3) is 10.9 Å². The molecule has 5 heteroatoms. The van der Waals surface area contributed by atoms with E-state index in [-0.39, 0.29) is 5.82 Å². The molecule has 21 heavy (non-hydrogen) atoms. The maximum Gasteiger partial charge on any atom is 0.123 e. The van der Waals surface area contributed by atoms with Crippen molar-refractivity contribution < 1.29 is 4.39 Å². The van der Waals surface area contributed by atoms with Crippen molar-refractivity contribution in [1.29, 1.82) is 0 Å². The number of pyridine rings is 1. The lowest BCUT2D eigenvalue weighted by molar-refractivity contribution is 0.628. The van der Waals surface area contributed by atoms with Gasteiger partial charge in [-0.1, -0.05) is 0 Å². The number of nitrogens with two attached hydrogens (primary N) is 1. The molecule has 106 valence electrons. The van der Waals surface area contributed by atoms with E-state index in [2.05, 4.69) is 20.9 Å². The quantitative estimate of drug-likeness (QED) is 0.696. The minimum absolute atomic E-state index is 0.253. The molecule has 2 aromatic carbocycles. The van der Waals surface area contributed by atoms with E-state index in [1.54, 1.807) is 18.3 Å². The molecular formula is C16H13BrFN3. The van der Waals surface area contributed by atoms with Gasteiger partial charge in [0, 0.05) is 34.5 Å². The van der Waals surface area contributed by atoms with Crippen molar-refractivity contribution in [2.45, 2.75) is 0 Å². The van der Waals surface area contributed by atoms with E-state index in [0.29, 0.717) is 5.69 Å². The van der Waals surface area contributed by atoms with Gasteiger partial charge in [-0.25, -0.2) is 4.39 Å². The van der Waals surface area contributed by atoms with Gasteiger partial charge in [0.2, 0.25) is 0 Å². The van der Waals surface area contributed by atoms with E-state index in [9.17, 15) is 4.39 Å². The first-order valence-corrected chi connectivity index (χ1v) is 7.18. The van der Waals surface area contributed by atoms with E-state index >= 15 is 0 Å². The molecule has 0 aliphatic heterocycles. The number of nitrogen functional groups attached to an aromatic ring is 1. The normalized spacial score (nSPS) is 10.8. The van der Waals surface area contributed by atoms with Crippen molar-refractivity contribution in [3.8, 4) is 0 Å². The zero-order valence-electron chi connectivity index (χ0n) is 11.3. The summed E-state index contributed by atoms with van der Waals surface area (Å²) in [7, 11) is 1.92. The summed E-state index contributed by atoms with van der Waals surface area (Å²) in [5.74, 6) is -0.253. The van der Waals surface area contributed by atoms with Gasteiger partial charge in [0.15, 0.2) is 0 Å². The standard InChI is InChI=1S/C16H13BrFN3/c1-21(12-4-2-11(18)3-5-12)15-7-6-14(19)13-8-10(17)9-20-16(13)15/h2-9H,19H2,1H3. The summed E-state index contributed by atoms with van der Waals surface area (Å²) in [5, 5.41) is 0.885. The third-order valence-electron chi connectivity index (χ3n) is 3.40. The molecule has 0 unspecified atom stereocenters. The third-order valence-corrected chi connectivity index (χ3v) is 3.84. The van der Waals surface area contributed by atoms with E-state index < -0.39 is 0 Å². The Morgan fingerprint density at radius 3 is 2.57 bits per heavy atom. The lowest BCUT2D eigenvalue weighted by Crippen LogP contribution is -2.10. The average Bonchev–Trinajstić information content (AvgIpc) is 2.48. The molecule has 1 heterocycles. The van der Waals surface area contributed by atoms with Crippen LogP contribution in [0, 0.1) is 5.82 Å². The zero-order chi connectivity index (χ0) is 15.0. The maximum absolute atomic E-state index is 13.1. The van der Waals surface area contributed by atoms with Crippen LogP contribution in [0.1, 0.15) is 0 Å². The Labute approximate surface area is 130 Å². The Morgan fingerprint density at radius 2 is 1.86 bits per heavy atom. The number of benzene rings is 2. The number of nitrogens with zero attached hydrogens (tertiary/aromatic N) is 2. The van der Waals surface area contributed by atoms with Crippen LogP contribution in [0.15, 0.2) is 53.1 Å². The minimum Gasteiger partial charge on any atom is -0.398 e. The van der Waals surface area contributed by atoms with Gasteiger partial charge in [0.05, 0.1) is 11.2 Å². The van der Waals surface area contributed by atoms with E-state index in [1.165, 1.54) is 12.1 Å². The molecule has 0 amide bonds. The van der Waals surface area contributed by atoms with E-state index in [0.717, 1.165) is 26.8 Å². The number of hydrogen-bond donors (Lipinski definition) is 1. The summed E-state index contributed by atoms with van der Waals surface area (Å²) in [6, 6.07) is 12.1. The third kappa shape index (κ3) is 2.56. The number of fused-ring (bicyclic) bond motifs is 1. The van der Waals surface area contributed by atoms with Gasteiger partial charge in [0.25, 0.3) is 0 Å². The Bertz CT molecular complexity index is 802. The first-order chi connectivity index (χ1) is 10.1. The lowest BCUT2D eigenvalue weighted by Gasteiger charge is -2.21. The molecular weight excluding hydrogens is 333 g/mol. The fourth-order valence-corrected chi connectivity index (χ4v) is 2.61. The highest BCUT2D eigenvalue weighted by Gasteiger charge is 2.11. The predicted molar refractivity (Wildman–Crippen MR) is 88.3 cm³/mol. The van der Waals surface area contributed by atoms with Gasteiger partial charge < -0.3 is 10.6 Å². The molecule has 3 rings (SSSR count). The molecule has 0 saturated carbocycles. The molecule has 2 N–H and O–H groups in total. The van der Waals surface area contributed by atoms with Crippen molar-refractivity contribution in [2.75, 3.05) is 17.7 Å². The van der Waals surface area contributed by atoms with Crippen molar-refractivity contribution in [1.82, 2.24) is 4.98 Å². The summed E-state index contributed by atoms with van der Waals surface area (Å²) in [6.45, 7) is 0. The van der Waals surface area contributed by atoms with Gasteiger partial charge >= 0.3 is 0 Å². The SMILES string of the molecule is CN(c1ccc(F)cc1)c1ccc(N)c2cc(Br)cnc12. The van der Waals surface area contributed by atoms with Crippen LogP contribution in [-0.4, -0.2) is 12.0 Å². The number of anilines is 3. The Hall–Kier alpha value is -2.14. The number of rotatable bonds is 2. The van der Waals surface area contributed by atoms with Crippen LogP contribution in [-0.2, 0) is 0 Å². The smallest absolute Gasteiger partial charge is 0.123 e. The number of aromatic nitrogens is 1. The van der Waals surface area contributed by atoms with Gasteiger partial charge in [0.1, 0.15) is 5.82 Å². The van der Waals surface area contributed by atoms with Gasteiger partial charge in [-0.3, -0.25) is 4.98 Å². The van der Waals surface area contributed by atoms with Crippen LogP contribution in [0.4, 0.5) is 21.5 Å². The van der Waals surface area contributed by atoms with Crippen LogP contribution in [0.3, 0.4) is 0 Å². The molecule has 0 saturated heterocycles. The molecule has 3 nitrogen and oxygen atoms in total. The van der Waals surface area contributed by atoms with Gasteiger partial charge in [-0.2, -0.15) is 0 Å². The van der Waals surface area contributed by atoms with Crippen molar-refractivity contribution in [3.63, 3.8) is 0 Å². The highest BCUT2D eigenvalue weighted by Crippen LogP contribution is 2.33. The molecule has 0 fully saturated rings. The minimum atomic E-state index is -0.253. The van der Waals surface area contributed by atoms with Crippen LogP contribution in [0.2, 0.25) is 0 Å². The van der Waals surface area contributed by atoms with E-state index in [4.69, 9.17) is 5.73 Å². The predicted octanol–water partition coefficient (Wildman–Crippen LogP) is 4.49. The fourth-order valence-electron chi connectivity index (χ4n) is 2.28. The molecule has 1 aromatic heterocycles. The second-order valence-corrected chi connectivity index (χ2v) is 5.67. The van der Waals surface area contributed by atoms with E-state index in [1.807, 2.05) is 30.1 Å². The first kappa shape index (κ1) is 13.8. The molecule has 0 aliphatic carbocycles.